The monoisotopic (exact) mass is 444 g/mol. The number of guanidine groups is 1. The van der Waals surface area contributed by atoms with Crippen LogP contribution in [0.25, 0.3) is 0 Å². The molecule has 1 aliphatic heterocycles. The van der Waals surface area contributed by atoms with Gasteiger partial charge in [0.1, 0.15) is 0 Å². The molecule has 136 valence electrons. The number of likely N-dealkylation sites (tertiary alicyclic amines) is 1. The minimum absolute atomic E-state index is 0. The molecule has 2 N–H and O–H groups in total. The number of piperidine rings is 1. The lowest BCUT2D eigenvalue weighted by atomic mass is 9.94. The number of hydrogen-bond donors (Lipinski definition) is 2. The summed E-state index contributed by atoms with van der Waals surface area (Å²) in [5.74, 6) is 1.77. The third-order valence-electron chi connectivity index (χ3n) is 4.85. The molecular weight excluding hydrogens is 411 g/mol. The molecule has 1 saturated heterocycles. The van der Waals surface area contributed by atoms with E-state index in [-0.39, 0.29) is 24.0 Å². The topological polar surface area (TPSA) is 39.7 Å². The highest BCUT2D eigenvalue weighted by molar-refractivity contribution is 14.0. The standard InChI is InChI=1S/C19H32N4.HI/c1-4-17-7-5-6-8-18(17)15-22-19(20-2)21-12-9-16-10-13-23(3)14-11-16;/h5-8,16H,4,9-15H2,1-3H3,(H2,20,21,22);1H. The van der Waals surface area contributed by atoms with E-state index >= 15 is 0 Å². The second-order valence-corrected chi connectivity index (χ2v) is 6.51. The first kappa shape index (κ1) is 21.2. The van der Waals surface area contributed by atoms with E-state index < -0.39 is 0 Å². The van der Waals surface area contributed by atoms with Crippen LogP contribution in [0, 0.1) is 5.92 Å². The molecule has 1 aromatic rings. The Labute approximate surface area is 164 Å². The van der Waals surface area contributed by atoms with Gasteiger partial charge in [0.15, 0.2) is 5.96 Å². The molecule has 0 aromatic heterocycles. The van der Waals surface area contributed by atoms with Crippen LogP contribution in [0.3, 0.4) is 0 Å². The zero-order chi connectivity index (χ0) is 16.5. The summed E-state index contributed by atoms with van der Waals surface area (Å²) in [6.07, 6.45) is 4.96. The van der Waals surface area contributed by atoms with Crippen molar-refractivity contribution in [2.45, 2.75) is 39.2 Å². The zero-order valence-electron chi connectivity index (χ0n) is 15.3. The normalized spacial score (nSPS) is 16.5. The Balaban J connectivity index is 0.00000288. The predicted molar refractivity (Wildman–Crippen MR) is 114 cm³/mol. The van der Waals surface area contributed by atoms with E-state index in [0.717, 1.165) is 31.4 Å². The highest BCUT2D eigenvalue weighted by Gasteiger charge is 2.16. The molecule has 0 unspecified atom stereocenters. The minimum Gasteiger partial charge on any atom is -0.356 e. The van der Waals surface area contributed by atoms with E-state index in [4.69, 9.17) is 0 Å². The average molecular weight is 444 g/mol. The van der Waals surface area contributed by atoms with Gasteiger partial charge in [-0.1, -0.05) is 31.2 Å². The summed E-state index contributed by atoms with van der Waals surface area (Å²) in [5, 5.41) is 6.90. The largest absolute Gasteiger partial charge is 0.356 e. The van der Waals surface area contributed by atoms with Gasteiger partial charge in [-0.25, -0.2) is 0 Å². The minimum atomic E-state index is 0. The predicted octanol–water partition coefficient (Wildman–Crippen LogP) is 3.26. The van der Waals surface area contributed by atoms with E-state index in [1.165, 1.54) is 43.5 Å². The van der Waals surface area contributed by atoms with Gasteiger partial charge in [-0.05, 0) is 62.9 Å². The van der Waals surface area contributed by atoms with Crippen LogP contribution >= 0.6 is 24.0 Å². The third-order valence-corrected chi connectivity index (χ3v) is 4.85. The summed E-state index contributed by atoms with van der Waals surface area (Å²) in [5.41, 5.74) is 2.76. The molecule has 0 saturated carbocycles. The van der Waals surface area contributed by atoms with Crippen LogP contribution in [0.1, 0.15) is 37.3 Å². The van der Waals surface area contributed by atoms with Crippen molar-refractivity contribution in [1.29, 1.82) is 0 Å². The molecule has 1 aliphatic rings. The van der Waals surface area contributed by atoms with Crippen molar-refractivity contribution < 1.29 is 0 Å². The van der Waals surface area contributed by atoms with Crippen molar-refractivity contribution in [3.63, 3.8) is 0 Å². The summed E-state index contributed by atoms with van der Waals surface area (Å²) in [6, 6.07) is 8.61. The Kier molecular flexibility index (Phi) is 10.3. The maximum atomic E-state index is 4.34. The van der Waals surface area contributed by atoms with Crippen LogP contribution in [-0.4, -0.2) is 44.6 Å². The first-order valence-electron chi connectivity index (χ1n) is 8.92. The maximum absolute atomic E-state index is 4.34. The van der Waals surface area contributed by atoms with Crippen molar-refractivity contribution in [2.24, 2.45) is 10.9 Å². The van der Waals surface area contributed by atoms with Gasteiger partial charge in [0.25, 0.3) is 0 Å². The van der Waals surface area contributed by atoms with Crippen molar-refractivity contribution in [2.75, 3.05) is 33.7 Å². The number of nitrogens with one attached hydrogen (secondary N) is 2. The SMILES string of the molecule is CCc1ccccc1CNC(=NC)NCCC1CCN(C)CC1.I. The molecule has 0 bridgehead atoms. The second kappa shape index (κ2) is 11.7. The van der Waals surface area contributed by atoms with Gasteiger partial charge < -0.3 is 15.5 Å². The molecule has 0 radical (unpaired) electrons. The fraction of sp³-hybridized carbons (Fsp3) is 0.632. The van der Waals surface area contributed by atoms with Crippen LogP contribution in [0.15, 0.2) is 29.3 Å². The summed E-state index contributed by atoms with van der Waals surface area (Å²) in [4.78, 5) is 6.77. The smallest absolute Gasteiger partial charge is 0.191 e. The van der Waals surface area contributed by atoms with Crippen molar-refractivity contribution in [3.05, 3.63) is 35.4 Å². The van der Waals surface area contributed by atoms with Crippen LogP contribution < -0.4 is 10.6 Å². The van der Waals surface area contributed by atoms with E-state index in [1.807, 2.05) is 7.05 Å². The van der Waals surface area contributed by atoms with Crippen LogP contribution in [0.2, 0.25) is 0 Å². The van der Waals surface area contributed by atoms with Gasteiger partial charge in [0.2, 0.25) is 0 Å². The fourth-order valence-corrected chi connectivity index (χ4v) is 3.22. The van der Waals surface area contributed by atoms with Crippen LogP contribution in [0.4, 0.5) is 0 Å². The van der Waals surface area contributed by atoms with E-state index in [0.29, 0.717) is 0 Å². The van der Waals surface area contributed by atoms with Gasteiger partial charge in [0.05, 0.1) is 0 Å². The molecule has 0 spiro atoms. The Morgan fingerprint density at radius 1 is 1.17 bits per heavy atom. The lowest BCUT2D eigenvalue weighted by molar-refractivity contribution is 0.213. The zero-order valence-corrected chi connectivity index (χ0v) is 17.7. The molecule has 24 heavy (non-hydrogen) atoms. The Hall–Kier alpha value is -0.820. The number of hydrogen-bond acceptors (Lipinski definition) is 2. The molecule has 0 aliphatic carbocycles. The molecule has 5 heteroatoms. The quantitative estimate of drug-likeness (QED) is 0.402. The fourth-order valence-electron chi connectivity index (χ4n) is 3.22. The first-order chi connectivity index (χ1) is 11.2. The third kappa shape index (κ3) is 6.97. The number of nitrogens with zero attached hydrogens (tertiary/aromatic N) is 2. The number of aliphatic imine (C=N–C) groups is 1. The van der Waals surface area contributed by atoms with Crippen LogP contribution in [-0.2, 0) is 13.0 Å². The summed E-state index contributed by atoms with van der Waals surface area (Å²) >= 11 is 0. The van der Waals surface area contributed by atoms with Gasteiger partial charge in [-0.3, -0.25) is 4.99 Å². The van der Waals surface area contributed by atoms with Gasteiger partial charge in [-0.15, -0.1) is 24.0 Å². The Bertz CT molecular complexity index is 496. The highest BCUT2D eigenvalue weighted by atomic mass is 127. The molecular formula is C19H33IN4. The molecule has 2 rings (SSSR count). The lowest BCUT2D eigenvalue weighted by Gasteiger charge is -2.29. The molecule has 0 amide bonds. The average Bonchev–Trinajstić information content (AvgIpc) is 2.59. The van der Waals surface area contributed by atoms with E-state index in [2.05, 4.69) is 58.8 Å². The van der Waals surface area contributed by atoms with Gasteiger partial charge >= 0.3 is 0 Å². The molecule has 1 aromatic carbocycles. The number of halogens is 1. The summed E-state index contributed by atoms with van der Waals surface area (Å²) in [6.45, 7) is 6.52. The van der Waals surface area contributed by atoms with Gasteiger partial charge in [-0.2, -0.15) is 0 Å². The van der Waals surface area contributed by atoms with Crippen molar-refractivity contribution in [3.8, 4) is 0 Å². The lowest BCUT2D eigenvalue weighted by Crippen LogP contribution is -2.38. The highest BCUT2D eigenvalue weighted by Crippen LogP contribution is 2.18. The van der Waals surface area contributed by atoms with Gasteiger partial charge in [0, 0.05) is 20.1 Å². The number of benzene rings is 1. The maximum Gasteiger partial charge on any atom is 0.191 e. The molecule has 1 fully saturated rings. The summed E-state index contributed by atoms with van der Waals surface area (Å²) in [7, 11) is 4.06. The summed E-state index contributed by atoms with van der Waals surface area (Å²) < 4.78 is 0. The number of rotatable bonds is 6. The van der Waals surface area contributed by atoms with E-state index in [1.54, 1.807) is 0 Å². The van der Waals surface area contributed by atoms with Crippen molar-refractivity contribution >= 4 is 29.9 Å². The molecule has 0 atom stereocenters. The first-order valence-corrected chi connectivity index (χ1v) is 8.92. The number of aryl methyl sites for hydroxylation is 1. The van der Waals surface area contributed by atoms with E-state index in [9.17, 15) is 0 Å². The molecule has 1 heterocycles. The van der Waals surface area contributed by atoms with Crippen LogP contribution in [0.5, 0.6) is 0 Å². The molecule has 4 nitrogen and oxygen atoms in total. The second-order valence-electron chi connectivity index (χ2n) is 6.51. The Morgan fingerprint density at radius 2 is 1.83 bits per heavy atom. The Morgan fingerprint density at radius 3 is 2.46 bits per heavy atom. The van der Waals surface area contributed by atoms with Crippen molar-refractivity contribution in [1.82, 2.24) is 15.5 Å².